The van der Waals surface area contributed by atoms with Gasteiger partial charge >= 0.3 is 6.18 Å². The Morgan fingerprint density at radius 2 is 1.67 bits per heavy atom. The van der Waals surface area contributed by atoms with Gasteiger partial charge in [-0.3, -0.25) is 9.69 Å². The quantitative estimate of drug-likeness (QED) is 0.496. The zero-order chi connectivity index (χ0) is 23.6. The van der Waals surface area contributed by atoms with E-state index < -0.39 is 17.8 Å². The lowest BCUT2D eigenvalue weighted by atomic mass is 10.1. The van der Waals surface area contributed by atoms with E-state index in [1.807, 2.05) is 55.5 Å². The van der Waals surface area contributed by atoms with Gasteiger partial charge in [-0.2, -0.15) is 13.2 Å². The van der Waals surface area contributed by atoms with Gasteiger partial charge in [-0.15, -0.1) is 0 Å². The fourth-order valence-electron chi connectivity index (χ4n) is 3.89. The number of hydrogen-bond donors (Lipinski definition) is 1. The third-order valence-corrected chi connectivity index (χ3v) is 5.63. The molecule has 2 atom stereocenters. The van der Waals surface area contributed by atoms with Gasteiger partial charge in [0.2, 0.25) is 0 Å². The van der Waals surface area contributed by atoms with Gasteiger partial charge in [0.1, 0.15) is 5.75 Å². The van der Waals surface area contributed by atoms with Crippen molar-refractivity contribution in [1.82, 2.24) is 5.32 Å². The van der Waals surface area contributed by atoms with Crippen molar-refractivity contribution in [1.29, 1.82) is 0 Å². The van der Waals surface area contributed by atoms with Crippen LogP contribution in [0.15, 0.2) is 90.6 Å². The lowest BCUT2D eigenvalue weighted by Gasteiger charge is -2.26. The van der Waals surface area contributed by atoms with Crippen LogP contribution in [0, 0.1) is 0 Å². The van der Waals surface area contributed by atoms with E-state index in [0.717, 1.165) is 23.3 Å². The van der Waals surface area contributed by atoms with E-state index in [2.05, 4.69) is 5.32 Å². The second-order valence-corrected chi connectivity index (χ2v) is 7.80. The number of carbonyl (C=O) groups excluding carboxylic acids is 1. The highest BCUT2D eigenvalue weighted by Gasteiger charge is 2.36. The molecule has 1 aliphatic rings. The van der Waals surface area contributed by atoms with Crippen LogP contribution in [0.3, 0.4) is 0 Å². The molecule has 1 amide bonds. The Kier molecular flexibility index (Phi) is 6.14. The molecule has 4 nitrogen and oxygen atoms in total. The van der Waals surface area contributed by atoms with Gasteiger partial charge < -0.3 is 10.1 Å². The summed E-state index contributed by atoms with van der Waals surface area (Å²) in [6.07, 6.45) is -2.65. The first-order valence-corrected chi connectivity index (χ1v) is 10.5. The maximum absolute atomic E-state index is 13.4. The minimum Gasteiger partial charge on any atom is -0.497 e. The number of benzene rings is 3. The maximum Gasteiger partial charge on any atom is 0.416 e. The Morgan fingerprint density at radius 3 is 2.30 bits per heavy atom. The number of ether oxygens (including phenoxy) is 1. The monoisotopic (exact) mass is 452 g/mol. The Morgan fingerprint density at radius 1 is 0.970 bits per heavy atom. The Labute approximate surface area is 190 Å². The van der Waals surface area contributed by atoms with Crippen LogP contribution in [0.1, 0.15) is 35.7 Å². The summed E-state index contributed by atoms with van der Waals surface area (Å²) in [7, 11) is 1.55. The van der Waals surface area contributed by atoms with Crippen LogP contribution in [-0.2, 0) is 11.0 Å². The number of hydrogen-bond acceptors (Lipinski definition) is 3. The molecule has 33 heavy (non-hydrogen) atoms. The molecule has 0 bridgehead atoms. The molecule has 1 aliphatic heterocycles. The summed E-state index contributed by atoms with van der Waals surface area (Å²) in [4.78, 5) is 14.9. The number of methoxy groups -OCH3 is 1. The van der Waals surface area contributed by atoms with Crippen LogP contribution >= 0.6 is 0 Å². The van der Waals surface area contributed by atoms with Gasteiger partial charge in [0.05, 0.1) is 24.4 Å². The normalized spacial score (nSPS) is 17.0. The molecule has 4 rings (SSSR count). The number of nitrogens with one attached hydrogen (secondary N) is 1. The minimum atomic E-state index is -4.45. The summed E-state index contributed by atoms with van der Waals surface area (Å²) in [6.45, 7) is 1.95. The zero-order valence-electron chi connectivity index (χ0n) is 18.1. The van der Waals surface area contributed by atoms with E-state index in [4.69, 9.17) is 4.74 Å². The maximum atomic E-state index is 13.4. The first kappa shape index (κ1) is 22.5. The molecule has 0 spiro atoms. The number of amides is 1. The molecule has 0 aliphatic carbocycles. The molecule has 170 valence electrons. The molecule has 7 heteroatoms. The molecule has 0 fully saturated rings. The summed E-state index contributed by atoms with van der Waals surface area (Å²) >= 11 is 0. The van der Waals surface area contributed by atoms with Crippen LogP contribution in [0.5, 0.6) is 5.75 Å². The number of anilines is 1. The second-order valence-electron chi connectivity index (χ2n) is 7.80. The average molecular weight is 452 g/mol. The van der Waals surface area contributed by atoms with E-state index in [1.54, 1.807) is 19.3 Å². The summed E-state index contributed by atoms with van der Waals surface area (Å²) in [5, 5.41) is 3.27. The lowest BCUT2D eigenvalue weighted by molar-refractivity contribution is -0.137. The van der Waals surface area contributed by atoms with Gasteiger partial charge in [0.15, 0.2) is 0 Å². The molecule has 2 unspecified atom stereocenters. The molecular formula is C26H23F3N2O2. The van der Waals surface area contributed by atoms with E-state index in [9.17, 15) is 18.0 Å². The number of halogens is 3. The molecule has 1 N–H and O–H groups in total. The van der Waals surface area contributed by atoms with Gasteiger partial charge in [0, 0.05) is 11.7 Å². The second kappa shape index (κ2) is 9.02. The standard InChI is InChI=1S/C26H23F3N2O2/c1-17(18-7-4-3-5-8-18)30-23-16-24(19-9-6-10-22(15-19)33-2)31(25(23)32)21-13-11-20(12-14-21)26(27,28)29/h3-17,24,30H,1-2H3. The number of carbonyl (C=O) groups is 1. The van der Waals surface area contributed by atoms with Crippen molar-refractivity contribution in [2.24, 2.45) is 0 Å². The van der Waals surface area contributed by atoms with Gasteiger partial charge in [-0.25, -0.2) is 0 Å². The molecule has 1 heterocycles. The predicted molar refractivity (Wildman–Crippen MR) is 121 cm³/mol. The first-order chi connectivity index (χ1) is 15.8. The van der Waals surface area contributed by atoms with E-state index in [1.165, 1.54) is 17.0 Å². The van der Waals surface area contributed by atoms with Crippen LogP contribution in [-0.4, -0.2) is 13.0 Å². The molecule has 3 aromatic carbocycles. The van der Waals surface area contributed by atoms with Crippen molar-refractivity contribution in [3.8, 4) is 5.75 Å². The van der Waals surface area contributed by atoms with Gasteiger partial charge in [0.25, 0.3) is 5.91 Å². The van der Waals surface area contributed by atoms with Crippen LogP contribution in [0.4, 0.5) is 18.9 Å². The van der Waals surface area contributed by atoms with Crippen molar-refractivity contribution >= 4 is 11.6 Å². The van der Waals surface area contributed by atoms with Crippen molar-refractivity contribution < 1.29 is 22.7 Å². The van der Waals surface area contributed by atoms with Crippen molar-refractivity contribution in [3.05, 3.63) is 107 Å². The zero-order valence-corrected chi connectivity index (χ0v) is 18.1. The highest BCUT2D eigenvalue weighted by Crippen LogP contribution is 2.38. The van der Waals surface area contributed by atoms with E-state index >= 15 is 0 Å². The fraction of sp³-hybridized carbons (Fsp3) is 0.192. The predicted octanol–water partition coefficient (Wildman–Crippen LogP) is 6.04. The fourth-order valence-corrected chi connectivity index (χ4v) is 3.89. The third kappa shape index (κ3) is 4.72. The van der Waals surface area contributed by atoms with Crippen LogP contribution in [0.2, 0.25) is 0 Å². The first-order valence-electron chi connectivity index (χ1n) is 10.5. The highest BCUT2D eigenvalue weighted by atomic mass is 19.4. The lowest BCUT2D eigenvalue weighted by Crippen LogP contribution is -2.33. The van der Waals surface area contributed by atoms with Crippen molar-refractivity contribution in [2.45, 2.75) is 25.2 Å². The topological polar surface area (TPSA) is 41.6 Å². The van der Waals surface area contributed by atoms with E-state index in [-0.39, 0.29) is 11.9 Å². The van der Waals surface area contributed by atoms with Crippen molar-refractivity contribution in [2.75, 3.05) is 12.0 Å². The SMILES string of the molecule is COc1cccc(C2C=C(NC(C)c3ccccc3)C(=O)N2c2ccc(C(F)(F)F)cc2)c1. The summed E-state index contributed by atoms with van der Waals surface area (Å²) in [5.41, 5.74) is 1.80. The molecule has 0 saturated carbocycles. The number of nitrogens with zero attached hydrogens (tertiary/aromatic N) is 1. The highest BCUT2D eigenvalue weighted by molar-refractivity contribution is 6.08. The molecule has 0 aromatic heterocycles. The van der Waals surface area contributed by atoms with Gasteiger partial charge in [-0.05, 0) is 60.5 Å². The van der Waals surface area contributed by atoms with Crippen LogP contribution in [0.25, 0.3) is 0 Å². The third-order valence-electron chi connectivity index (χ3n) is 5.63. The average Bonchev–Trinajstić information content (AvgIpc) is 3.15. The Bertz CT molecular complexity index is 1160. The summed E-state index contributed by atoms with van der Waals surface area (Å²) < 4.78 is 44.5. The Balaban J connectivity index is 1.70. The molecule has 0 saturated heterocycles. The smallest absolute Gasteiger partial charge is 0.416 e. The van der Waals surface area contributed by atoms with E-state index in [0.29, 0.717) is 17.1 Å². The summed E-state index contributed by atoms with van der Waals surface area (Å²) in [5.74, 6) is 0.310. The minimum absolute atomic E-state index is 0.139. The number of alkyl halides is 3. The molecular weight excluding hydrogens is 429 g/mol. The molecule has 0 radical (unpaired) electrons. The largest absolute Gasteiger partial charge is 0.497 e. The summed E-state index contributed by atoms with van der Waals surface area (Å²) in [6, 6.07) is 21.0. The number of rotatable bonds is 6. The van der Waals surface area contributed by atoms with Crippen LogP contribution < -0.4 is 15.0 Å². The molecule has 3 aromatic rings. The van der Waals surface area contributed by atoms with Crippen molar-refractivity contribution in [3.63, 3.8) is 0 Å². The Hall–Kier alpha value is -3.74. The van der Waals surface area contributed by atoms with Gasteiger partial charge in [-0.1, -0.05) is 42.5 Å².